The van der Waals surface area contributed by atoms with Gasteiger partial charge in [-0.15, -0.1) is 0 Å². The van der Waals surface area contributed by atoms with Crippen LogP contribution in [0.4, 0.5) is 0 Å². The Morgan fingerprint density at radius 1 is 1.33 bits per heavy atom. The molecule has 0 aliphatic carbocycles. The second-order valence-corrected chi connectivity index (χ2v) is 5.63. The van der Waals surface area contributed by atoms with Crippen LogP contribution in [0.1, 0.15) is 10.4 Å². The van der Waals surface area contributed by atoms with Crippen molar-refractivity contribution in [2.75, 3.05) is 13.2 Å². The zero-order valence-electron chi connectivity index (χ0n) is 8.98. The predicted octanol–water partition coefficient (Wildman–Crippen LogP) is 0.363. The summed E-state index contributed by atoms with van der Waals surface area (Å²) in [4.78, 5) is 11.2. The fraction of sp³-hybridized carbons (Fsp3) is 0.222. The lowest BCUT2D eigenvalue weighted by atomic mass is 10.2. The average Bonchev–Trinajstić information content (AvgIpc) is 2.24. The van der Waals surface area contributed by atoms with Crippen LogP contribution in [0.15, 0.2) is 17.0 Å². The van der Waals surface area contributed by atoms with Crippen LogP contribution in [0.2, 0.25) is 10.0 Å². The maximum absolute atomic E-state index is 11.6. The van der Waals surface area contributed by atoms with Gasteiger partial charge in [0.2, 0.25) is 10.0 Å². The van der Waals surface area contributed by atoms with Gasteiger partial charge in [-0.05, 0) is 12.1 Å². The summed E-state index contributed by atoms with van der Waals surface area (Å²) < 4.78 is 22.5. The standard InChI is InChI=1S/C9H10Cl2N2O4S/c10-6-4-7(11)8(18(12,16)17)3-5(6)9(15)13-1-2-14/h3-4,14H,1-2H2,(H,13,15)(H2,12,16,17). The van der Waals surface area contributed by atoms with Crippen LogP contribution in [-0.2, 0) is 10.0 Å². The Bertz CT molecular complexity index is 574. The number of benzene rings is 1. The SMILES string of the molecule is NS(=O)(=O)c1cc(C(=O)NCCO)c(Cl)cc1Cl. The zero-order valence-corrected chi connectivity index (χ0v) is 11.3. The number of amides is 1. The first-order valence-electron chi connectivity index (χ1n) is 4.68. The van der Waals surface area contributed by atoms with Crippen LogP contribution in [0.3, 0.4) is 0 Å². The van der Waals surface area contributed by atoms with Gasteiger partial charge in [0, 0.05) is 6.54 Å². The van der Waals surface area contributed by atoms with Crippen LogP contribution >= 0.6 is 23.2 Å². The molecule has 0 unspecified atom stereocenters. The topological polar surface area (TPSA) is 109 Å². The summed E-state index contributed by atoms with van der Waals surface area (Å²) in [6, 6.07) is 2.11. The molecule has 1 aromatic carbocycles. The number of carbonyl (C=O) groups excluding carboxylic acids is 1. The summed E-state index contributed by atoms with van der Waals surface area (Å²) in [5, 5.41) is 15.7. The van der Waals surface area contributed by atoms with E-state index in [0.29, 0.717) is 0 Å². The summed E-state index contributed by atoms with van der Waals surface area (Å²) in [6.07, 6.45) is 0. The van der Waals surface area contributed by atoms with Crippen molar-refractivity contribution < 1.29 is 18.3 Å². The van der Waals surface area contributed by atoms with Crippen LogP contribution in [-0.4, -0.2) is 32.6 Å². The minimum absolute atomic E-state index is 0.0113. The second kappa shape index (κ2) is 5.85. The van der Waals surface area contributed by atoms with Crippen LogP contribution in [0.25, 0.3) is 0 Å². The Morgan fingerprint density at radius 3 is 2.44 bits per heavy atom. The van der Waals surface area contributed by atoms with Gasteiger partial charge in [-0.25, -0.2) is 13.6 Å². The molecule has 4 N–H and O–H groups in total. The quantitative estimate of drug-likeness (QED) is 0.745. The molecule has 1 rings (SSSR count). The van der Waals surface area contributed by atoms with E-state index in [1.165, 1.54) is 0 Å². The number of hydrogen-bond donors (Lipinski definition) is 3. The third-order valence-corrected chi connectivity index (χ3v) is 3.66. The number of aliphatic hydroxyl groups is 1. The highest BCUT2D eigenvalue weighted by Gasteiger charge is 2.19. The molecule has 100 valence electrons. The maximum Gasteiger partial charge on any atom is 0.252 e. The van der Waals surface area contributed by atoms with Gasteiger partial charge in [-0.1, -0.05) is 23.2 Å². The van der Waals surface area contributed by atoms with E-state index in [2.05, 4.69) is 5.32 Å². The lowest BCUT2D eigenvalue weighted by Gasteiger charge is -2.08. The summed E-state index contributed by atoms with van der Waals surface area (Å²) >= 11 is 11.5. The summed E-state index contributed by atoms with van der Waals surface area (Å²) in [7, 11) is -4.05. The van der Waals surface area contributed by atoms with Gasteiger partial charge < -0.3 is 10.4 Å². The third-order valence-electron chi connectivity index (χ3n) is 1.97. The number of nitrogens with one attached hydrogen (secondary N) is 1. The fourth-order valence-electron chi connectivity index (χ4n) is 1.19. The van der Waals surface area contributed by atoms with Crippen LogP contribution in [0.5, 0.6) is 0 Å². The van der Waals surface area contributed by atoms with Gasteiger partial charge in [-0.3, -0.25) is 4.79 Å². The molecular weight excluding hydrogens is 303 g/mol. The molecule has 0 fully saturated rings. The number of hydrogen-bond acceptors (Lipinski definition) is 4. The number of rotatable bonds is 4. The third kappa shape index (κ3) is 3.56. The molecule has 1 amide bonds. The van der Waals surface area contributed by atoms with E-state index < -0.39 is 15.9 Å². The number of aliphatic hydroxyl groups excluding tert-OH is 1. The molecule has 0 heterocycles. The Labute approximate surface area is 114 Å². The molecule has 0 spiro atoms. The van der Waals surface area contributed by atoms with Crippen molar-refractivity contribution >= 4 is 39.1 Å². The molecule has 1 aromatic rings. The van der Waals surface area contributed by atoms with Crippen molar-refractivity contribution in [3.8, 4) is 0 Å². The first-order chi connectivity index (χ1) is 8.27. The van der Waals surface area contributed by atoms with E-state index in [1.54, 1.807) is 0 Å². The zero-order chi connectivity index (χ0) is 13.9. The smallest absolute Gasteiger partial charge is 0.252 e. The summed E-state index contributed by atoms with van der Waals surface area (Å²) in [5.74, 6) is -0.629. The first-order valence-corrected chi connectivity index (χ1v) is 6.98. The molecule has 9 heteroatoms. The Hall–Kier alpha value is -0.860. The number of sulfonamides is 1. The molecule has 0 bridgehead atoms. The van der Waals surface area contributed by atoms with E-state index in [1.807, 2.05) is 0 Å². The predicted molar refractivity (Wildman–Crippen MR) is 67.3 cm³/mol. The lowest BCUT2D eigenvalue weighted by Crippen LogP contribution is -2.27. The van der Waals surface area contributed by atoms with Crippen LogP contribution < -0.4 is 10.5 Å². The van der Waals surface area contributed by atoms with Gasteiger partial charge in [-0.2, -0.15) is 0 Å². The number of carbonyl (C=O) groups is 1. The van der Waals surface area contributed by atoms with E-state index in [9.17, 15) is 13.2 Å². The number of nitrogens with two attached hydrogens (primary N) is 1. The average molecular weight is 313 g/mol. The highest BCUT2D eigenvalue weighted by Crippen LogP contribution is 2.27. The number of halogens is 2. The largest absolute Gasteiger partial charge is 0.395 e. The van der Waals surface area contributed by atoms with E-state index in [-0.39, 0.29) is 33.7 Å². The van der Waals surface area contributed by atoms with Crippen molar-refractivity contribution in [3.05, 3.63) is 27.7 Å². The minimum Gasteiger partial charge on any atom is -0.395 e. The van der Waals surface area contributed by atoms with Crippen molar-refractivity contribution in [1.29, 1.82) is 0 Å². The van der Waals surface area contributed by atoms with E-state index in [4.69, 9.17) is 33.4 Å². The summed E-state index contributed by atoms with van der Waals surface area (Å²) in [6.45, 7) is -0.235. The molecule has 0 saturated carbocycles. The van der Waals surface area contributed by atoms with Gasteiger partial charge in [0.15, 0.2) is 0 Å². The molecule has 0 radical (unpaired) electrons. The van der Waals surface area contributed by atoms with Crippen molar-refractivity contribution in [1.82, 2.24) is 5.32 Å². The van der Waals surface area contributed by atoms with Gasteiger partial charge in [0.05, 0.1) is 22.2 Å². The normalized spacial score (nSPS) is 11.3. The molecule has 0 aliphatic rings. The van der Waals surface area contributed by atoms with Gasteiger partial charge in [0.1, 0.15) is 4.90 Å². The van der Waals surface area contributed by atoms with Gasteiger partial charge >= 0.3 is 0 Å². The summed E-state index contributed by atoms with van der Waals surface area (Å²) in [5.41, 5.74) is -0.0847. The molecule has 0 atom stereocenters. The monoisotopic (exact) mass is 312 g/mol. The molecule has 0 saturated heterocycles. The lowest BCUT2D eigenvalue weighted by molar-refractivity contribution is 0.0944. The van der Waals surface area contributed by atoms with Crippen molar-refractivity contribution in [3.63, 3.8) is 0 Å². The molecule has 6 nitrogen and oxygen atoms in total. The highest BCUT2D eigenvalue weighted by atomic mass is 35.5. The molecular formula is C9H10Cl2N2O4S. The second-order valence-electron chi connectivity index (χ2n) is 3.29. The van der Waals surface area contributed by atoms with E-state index in [0.717, 1.165) is 12.1 Å². The van der Waals surface area contributed by atoms with Crippen molar-refractivity contribution in [2.45, 2.75) is 4.90 Å². The van der Waals surface area contributed by atoms with Gasteiger partial charge in [0.25, 0.3) is 5.91 Å². The molecule has 0 aliphatic heterocycles. The molecule has 18 heavy (non-hydrogen) atoms. The first kappa shape index (κ1) is 15.2. The maximum atomic E-state index is 11.6. The van der Waals surface area contributed by atoms with E-state index >= 15 is 0 Å². The van der Waals surface area contributed by atoms with Crippen LogP contribution in [0, 0.1) is 0 Å². The Balaban J connectivity index is 3.26. The Kier molecular flexibility index (Phi) is 4.94. The van der Waals surface area contributed by atoms with Crippen molar-refractivity contribution in [2.24, 2.45) is 5.14 Å². The minimum atomic E-state index is -4.05. The fourth-order valence-corrected chi connectivity index (χ4v) is 2.59. The molecule has 0 aromatic heterocycles. The number of primary sulfonamides is 1. The Morgan fingerprint density at radius 2 is 1.94 bits per heavy atom. The highest BCUT2D eigenvalue weighted by molar-refractivity contribution is 7.89.